The molecule has 0 atom stereocenters. The second-order valence-electron chi connectivity index (χ2n) is 6.50. The van der Waals surface area contributed by atoms with E-state index in [1.54, 1.807) is 0 Å². The second-order valence-corrected chi connectivity index (χ2v) is 8.43. The van der Waals surface area contributed by atoms with E-state index >= 15 is 0 Å². The topological polar surface area (TPSA) is 83.0 Å². The normalized spacial score (nSPS) is 17.2. The van der Waals surface area contributed by atoms with Crippen LogP contribution in [0.25, 0.3) is 0 Å². The lowest BCUT2D eigenvalue weighted by molar-refractivity contribution is -0.0494. The van der Waals surface area contributed by atoms with Crippen LogP contribution in [0.4, 0.5) is 13.2 Å². The number of nitrogens with one attached hydrogen (secondary N) is 2. The Morgan fingerprint density at radius 2 is 1.90 bits per heavy atom. The van der Waals surface area contributed by atoms with E-state index < -0.39 is 15.5 Å². The van der Waals surface area contributed by atoms with E-state index in [1.807, 2.05) is 38.1 Å². The van der Waals surface area contributed by atoms with Crippen molar-refractivity contribution < 1.29 is 26.3 Å². The number of halogens is 3. The van der Waals surface area contributed by atoms with Gasteiger partial charge in [-0.05, 0) is 32.8 Å². The average Bonchev–Trinajstić information content (AvgIpc) is 2.67. The quantitative estimate of drug-likeness (QED) is 0.507. The van der Waals surface area contributed by atoms with Crippen molar-refractivity contribution in [3.05, 3.63) is 29.8 Å². The SMILES string of the molecule is CCNC(=NCc1ccccc1OCC)NC1CCN(S(=O)(=O)C(F)(F)F)CC1. The van der Waals surface area contributed by atoms with Crippen LogP contribution in [-0.2, 0) is 16.6 Å². The molecule has 2 N–H and O–H groups in total. The van der Waals surface area contributed by atoms with Gasteiger partial charge in [-0.1, -0.05) is 18.2 Å². The summed E-state index contributed by atoms with van der Waals surface area (Å²) < 4.78 is 67.2. The average molecular weight is 437 g/mol. The molecular weight excluding hydrogens is 409 g/mol. The minimum atomic E-state index is -5.27. The Morgan fingerprint density at radius 1 is 1.24 bits per heavy atom. The number of sulfonamides is 1. The molecule has 0 radical (unpaired) electrons. The Hall–Kier alpha value is -2.01. The number of nitrogens with zero attached hydrogens (tertiary/aromatic N) is 2. The van der Waals surface area contributed by atoms with Crippen molar-refractivity contribution in [1.29, 1.82) is 0 Å². The van der Waals surface area contributed by atoms with Gasteiger partial charge in [0, 0.05) is 31.2 Å². The fourth-order valence-corrected chi connectivity index (χ4v) is 3.98. The molecule has 1 saturated heterocycles. The molecule has 2 rings (SSSR count). The first-order valence-corrected chi connectivity index (χ1v) is 10.9. The van der Waals surface area contributed by atoms with Crippen molar-refractivity contribution in [2.45, 2.75) is 44.8 Å². The van der Waals surface area contributed by atoms with Gasteiger partial charge in [-0.2, -0.15) is 17.5 Å². The first-order chi connectivity index (χ1) is 13.7. The predicted octanol–water partition coefficient (Wildman–Crippen LogP) is 2.45. The van der Waals surface area contributed by atoms with E-state index in [-0.39, 0.29) is 32.0 Å². The molecule has 1 aliphatic heterocycles. The van der Waals surface area contributed by atoms with Crippen LogP contribution in [0.2, 0.25) is 0 Å². The smallest absolute Gasteiger partial charge is 0.494 e. The third-order valence-corrected chi connectivity index (χ3v) is 6.08. The lowest BCUT2D eigenvalue weighted by Gasteiger charge is -2.32. The highest BCUT2D eigenvalue weighted by molar-refractivity contribution is 7.90. The third kappa shape index (κ3) is 6.23. The van der Waals surface area contributed by atoms with Crippen molar-refractivity contribution in [2.75, 3.05) is 26.2 Å². The minimum absolute atomic E-state index is 0.172. The summed E-state index contributed by atoms with van der Waals surface area (Å²) >= 11 is 0. The maximum absolute atomic E-state index is 12.7. The maximum Gasteiger partial charge on any atom is 0.511 e. The molecule has 1 aromatic carbocycles. The molecule has 11 heteroatoms. The molecule has 0 spiro atoms. The Balaban J connectivity index is 1.99. The fraction of sp³-hybridized carbons (Fsp3) is 0.611. The summed E-state index contributed by atoms with van der Waals surface area (Å²) in [6, 6.07) is 7.38. The predicted molar refractivity (Wildman–Crippen MR) is 105 cm³/mol. The van der Waals surface area contributed by atoms with E-state index in [0.29, 0.717) is 30.0 Å². The Morgan fingerprint density at radius 3 is 2.48 bits per heavy atom. The summed E-state index contributed by atoms with van der Waals surface area (Å²) in [5.74, 6) is 1.27. The Kier molecular flexibility index (Phi) is 8.14. The van der Waals surface area contributed by atoms with E-state index in [2.05, 4.69) is 15.6 Å². The van der Waals surface area contributed by atoms with Gasteiger partial charge in [0.1, 0.15) is 5.75 Å². The number of para-hydroxylation sites is 1. The lowest BCUT2D eigenvalue weighted by atomic mass is 10.1. The standard InChI is InChI=1S/C18H27F3N4O3S/c1-3-22-17(23-13-14-7-5-6-8-16(14)28-4-2)24-15-9-11-25(12-10-15)29(26,27)18(19,20)21/h5-8,15H,3-4,9-13H2,1-2H3,(H2,22,23,24). The first-order valence-electron chi connectivity index (χ1n) is 9.51. The number of piperidine rings is 1. The molecule has 0 aliphatic carbocycles. The van der Waals surface area contributed by atoms with Crippen LogP contribution in [0.3, 0.4) is 0 Å². The summed E-state index contributed by atoms with van der Waals surface area (Å²) in [6.07, 6.45) is 0.518. The van der Waals surface area contributed by atoms with Crippen LogP contribution >= 0.6 is 0 Å². The number of alkyl halides is 3. The highest BCUT2D eigenvalue weighted by Crippen LogP contribution is 2.29. The van der Waals surface area contributed by atoms with Crippen LogP contribution in [0.1, 0.15) is 32.3 Å². The molecule has 0 aromatic heterocycles. The highest BCUT2D eigenvalue weighted by Gasteiger charge is 2.50. The van der Waals surface area contributed by atoms with Crippen LogP contribution in [-0.4, -0.2) is 56.5 Å². The molecule has 29 heavy (non-hydrogen) atoms. The molecule has 164 valence electrons. The Bertz CT molecular complexity index is 792. The Labute approximate surface area is 169 Å². The van der Waals surface area contributed by atoms with Gasteiger partial charge >= 0.3 is 15.5 Å². The van der Waals surface area contributed by atoms with Crippen molar-refractivity contribution in [3.8, 4) is 5.75 Å². The highest BCUT2D eigenvalue weighted by atomic mass is 32.2. The monoisotopic (exact) mass is 436 g/mol. The number of rotatable bonds is 7. The maximum atomic E-state index is 12.7. The zero-order chi connectivity index (χ0) is 21.5. The van der Waals surface area contributed by atoms with Gasteiger partial charge in [-0.15, -0.1) is 0 Å². The molecule has 0 bridgehead atoms. The van der Waals surface area contributed by atoms with E-state index in [0.717, 1.165) is 11.3 Å². The number of benzene rings is 1. The van der Waals surface area contributed by atoms with E-state index in [1.165, 1.54) is 0 Å². The molecule has 0 amide bonds. The number of ether oxygens (including phenoxy) is 1. The van der Waals surface area contributed by atoms with Crippen molar-refractivity contribution >= 4 is 16.0 Å². The van der Waals surface area contributed by atoms with Gasteiger partial charge in [-0.3, -0.25) is 0 Å². The minimum Gasteiger partial charge on any atom is -0.494 e. The van der Waals surface area contributed by atoms with Gasteiger partial charge < -0.3 is 15.4 Å². The summed E-state index contributed by atoms with van der Waals surface area (Å²) in [5, 5.41) is 6.29. The summed E-state index contributed by atoms with van der Waals surface area (Å²) in [7, 11) is -5.27. The van der Waals surface area contributed by atoms with Gasteiger partial charge in [0.25, 0.3) is 0 Å². The van der Waals surface area contributed by atoms with Gasteiger partial charge in [0.15, 0.2) is 5.96 Å². The van der Waals surface area contributed by atoms with Gasteiger partial charge in [-0.25, -0.2) is 13.4 Å². The molecule has 1 heterocycles. The molecule has 0 unspecified atom stereocenters. The number of aliphatic imine (C=N–C) groups is 1. The second kappa shape index (κ2) is 10.1. The first kappa shape index (κ1) is 23.3. The van der Waals surface area contributed by atoms with Crippen molar-refractivity contribution in [1.82, 2.24) is 14.9 Å². The zero-order valence-electron chi connectivity index (χ0n) is 16.5. The molecule has 1 aromatic rings. The van der Waals surface area contributed by atoms with Crippen LogP contribution in [0, 0.1) is 0 Å². The summed E-state index contributed by atoms with van der Waals surface area (Å²) in [6.45, 7) is 4.95. The van der Waals surface area contributed by atoms with Crippen LogP contribution in [0.5, 0.6) is 5.75 Å². The van der Waals surface area contributed by atoms with Crippen molar-refractivity contribution in [2.24, 2.45) is 4.99 Å². The lowest BCUT2D eigenvalue weighted by Crippen LogP contribution is -2.51. The third-order valence-electron chi connectivity index (χ3n) is 4.45. The van der Waals surface area contributed by atoms with Gasteiger partial charge in [0.2, 0.25) is 0 Å². The molecule has 1 aliphatic rings. The van der Waals surface area contributed by atoms with Crippen LogP contribution in [0.15, 0.2) is 29.3 Å². The molecular formula is C18H27F3N4O3S. The number of guanidine groups is 1. The van der Waals surface area contributed by atoms with Crippen molar-refractivity contribution in [3.63, 3.8) is 0 Å². The summed E-state index contributed by atoms with van der Waals surface area (Å²) in [5.41, 5.74) is -4.35. The summed E-state index contributed by atoms with van der Waals surface area (Å²) in [4.78, 5) is 4.53. The largest absolute Gasteiger partial charge is 0.511 e. The molecule has 7 nitrogen and oxygen atoms in total. The zero-order valence-corrected chi connectivity index (χ0v) is 17.3. The van der Waals surface area contributed by atoms with E-state index in [4.69, 9.17) is 4.74 Å². The fourth-order valence-electron chi connectivity index (χ4n) is 3.00. The number of hydrogen-bond donors (Lipinski definition) is 2. The molecule has 0 saturated carbocycles. The molecule has 1 fully saturated rings. The van der Waals surface area contributed by atoms with E-state index in [9.17, 15) is 21.6 Å². The number of hydrogen-bond acceptors (Lipinski definition) is 4. The van der Waals surface area contributed by atoms with Crippen LogP contribution < -0.4 is 15.4 Å². The van der Waals surface area contributed by atoms with Gasteiger partial charge in [0.05, 0.1) is 13.2 Å².